The minimum atomic E-state index is -3.92. The van der Waals surface area contributed by atoms with Gasteiger partial charge in [0.25, 0.3) is 11.8 Å². The van der Waals surface area contributed by atoms with Gasteiger partial charge in [-0.05, 0) is 19.1 Å². The van der Waals surface area contributed by atoms with Crippen LogP contribution < -0.4 is 10.1 Å². The summed E-state index contributed by atoms with van der Waals surface area (Å²) in [6.07, 6.45) is 0.799. The predicted molar refractivity (Wildman–Crippen MR) is 108 cm³/mol. The lowest BCUT2D eigenvalue weighted by atomic mass is 10.2. The van der Waals surface area contributed by atoms with Crippen LogP contribution in [0.5, 0.6) is 5.75 Å². The molecule has 10 nitrogen and oxygen atoms in total. The summed E-state index contributed by atoms with van der Waals surface area (Å²) < 4.78 is 34.6. The zero-order valence-electron chi connectivity index (χ0n) is 16.3. The maximum Gasteiger partial charge on any atom is 0.272 e. The van der Waals surface area contributed by atoms with Crippen molar-refractivity contribution in [2.75, 3.05) is 31.5 Å². The van der Waals surface area contributed by atoms with E-state index in [4.69, 9.17) is 16.3 Å². The lowest BCUT2D eigenvalue weighted by Crippen LogP contribution is -2.50. The molecule has 4 rings (SSSR count). The summed E-state index contributed by atoms with van der Waals surface area (Å²) in [5.74, 6) is -0.282. The van der Waals surface area contributed by atoms with Gasteiger partial charge in [-0.3, -0.25) is 14.3 Å². The summed E-state index contributed by atoms with van der Waals surface area (Å²) in [6, 6.07) is 4.32. The third-order valence-corrected chi connectivity index (χ3v) is 7.51. The SMILES string of the molecule is C[C@@H]1Oc2cc(S(=O)(=O)N3CCN(C(=O)c4ccnn4C)CC3)c(Cl)cc2NC1=O. The first kappa shape index (κ1) is 20.6. The van der Waals surface area contributed by atoms with Crippen molar-refractivity contribution >= 4 is 39.1 Å². The molecule has 0 bridgehead atoms. The molecule has 0 saturated carbocycles. The fourth-order valence-corrected chi connectivity index (χ4v) is 5.36. The number of hydrogen-bond acceptors (Lipinski definition) is 6. The van der Waals surface area contributed by atoms with Gasteiger partial charge in [-0.15, -0.1) is 0 Å². The Morgan fingerprint density at radius 2 is 1.97 bits per heavy atom. The third kappa shape index (κ3) is 3.53. The second-order valence-corrected chi connectivity index (χ2v) is 9.38. The number of aryl methyl sites for hydroxylation is 1. The zero-order valence-corrected chi connectivity index (χ0v) is 17.9. The number of sulfonamides is 1. The van der Waals surface area contributed by atoms with Gasteiger partial charge in [-0.2, -0.15) is 9.40 Å². The maximum absolute atomic E-state index is 13.2. The Bertz CT molecular complexity index is 1120. The molecule has 2 aromatic rings. The predicted octanol–water partition coefficient (Wildman–Crippen LogP) is 0.940. The molecule has 12 heteroatoms. The highest BCUT2D eigenvalue weighted by atomic mass is 35.5. The molecule has 1 saturated heterocycles. The van der Waals surface area contributed by atoms with E-state index in [1.807, 2.05) is 0 Å². The smallest absolute Gasteiger partial charge is 0.272 e. The van der Waals surface area contributed by atoms with Crippen molar-refractivity contribution in [3.05, 3.63) is 35.1 Å². The fourth-order valence-electron chi connectivity index (χ4n) is 3.42. The lowest BCUT2D eigenvalue weighted by Gasteiger charge is -2.34. The van der Waals surface area contributed by atoms with Crippen LogP contribution in [0, 0.1) is 0 Å². The number of halogens is 1. The molecule has 160 valence electrons. The molecule has 3 heterocycles. The van der Waals surface area contributed by atoms with Gasteiger partial charge in [0.2, 0.25) is 10.0 Å². The average Bonchev–Trinajstić information content (AvgIpc) is 3.14. The summed E-state index contributed by atoms with van der Waals surface area (Å²) in [6.45, 7) is 2.32. The number of amides is 2. The van der Waals surface area contributed by atoms with E-state index >= 15 is 0 Å². The highest BCUT2D eigenvalue weighted by Crippen LogP contribution is 2.38. The van der Waals surface area contributed by atoms with Crippen molar-refractivity contribution in [1.29, 1.82) is 0 Å². The number of nitrogens with zero attached hydrogens (tertiary/aromatic N) is 4. The maximum atomic E-state index is 13.2. The number of ether oxygens (including phenoxy) is 1. The zero-order chi connectivity index (χ0) is 21.6. The summed E-state index contributed by atoms with van der Waals surface area (Å²) in [7, 11) is -2.24. The Kier molecular flexibility index (Phi) is 5.20. The van der Waals surface area contributed by atoms with E-state index in [0.717, 1.165) is 0 Å². The van der Waals surface area contributed by atoms with Crippen molar-refractivity contribution in [1.82, 2.24) is 19.0 Å². The van der Waals surface area contributed by atoms with Crippen LogP contribution in [0.4, 0.5) is 5.69 Å². The van der Waals surface area contributed by atoms with Gasteiger partial charge in [0, 0.05) is 45.5 Å². The molecule has 0 spiro atoms. The molecule has 30 heavy (non-hydrogen) atoms. The number of anilines is 1. The monoisotopic (exact) mass is 453 g/mol. The number of carbonyl (C=O) groups is 2. The van der Waals surface area contributed by atoms with E-state index in [9.17, 15) is 18.0 Å². The molecule has 1 fully saturated rings. The largest absolute Gasteiger partial charge is 0.479 e. The first-order chi connectivity index (χ1) is 14.2. The number of fused-ring (bicyclic) bond motifs is 1. The second kappa shape index (κ2) is 7.56. The Hall–Kier alpha value is -2.63. The van der Waals surface area contributed by atoms with Crippen LogP contribution >= 0.6 is 11.6 Å². The molecule has 1 atom stereocenters. The molecule has 0 radical (unpaired) electrons. The number of piperazine rings is 1. The quantitative estimate of drug-likeness (QED) is 0.739. The van der Waals surface area contributed by atoms with Gasteiger partial charge >= 0.3 is 0 Å². The van der Waals surface area contributed by atoms with E-state index in [1.165, 1.54) is 27.3 Å². The van der Waals surface area contributed by atoms with Crippen molar-refractivity contribution in [2.24, 2.45) is 7.05 Å². The van der Waals surface area contributed by atoms with Crippen molar-refractivity contribution in [2.45, 2.75) is 17.9 Å². The number of carbonyl (C=O) groups excluding carboxylic acids is 2. The molecule has 2 amide bonds. The Morgan fingerprint density at radius 1 is 1.27 bits per heavy atom. The van der Waals surface area contributed by atoms with Gasteiger partial charge < -0.3 is 15.0 Å². The summed E-state index contributed by atoms with van der Waals surface area (Å²) in [5, 5.41) is 6.61. The van der Waals surface area contributed by atoms with Crippen LogP contribution in [0.15, 0.2) is 29.3 Å². The van der Waals surface area contributed by atoms with Crippen LogP contribution in [0.25, 0.3) is 0 Å². The van der Waals surface area contributed by atoms with Crippen LogP contribution in [0.3, 0.4) is 0 Å². The second-order valence-electron chi connectivity index (χ2n) is 7.06. The van der Waals surface area contributed by atoms with E-state index in [0.29, 0.717) is 11.4 Å². The normalized spacial score (nSPS) is 19.8. The van der Waals surface area contributed by atoms with E-state index in [-0.39, 0.29) is 53.7 Å². The highest BCUT2D eigenvalue weighted by Gasteiger charge is 2.34. The number of hydrogen-bond donors (Lipinski definition) is 1. The Balaban J connectivity index is 1.53. The summed E-state index contributed by atoms with van der Waals surface area (Å²) >= 11 is 6.23. The molecule has 0 aliphatic carbocycles. The number of benzene rings is 1. The van der Waals surface area contributed by atoms with Gasteiger partial charge in [0.05, 0.1) is 10.7 Å². The van der Waals surface area contributed by atoms with Gasteiger partial charge in [-0.1, -0.05) is 11.6 Å². The van der Waals surface area contributed by atoms with E-state index < -0.39 is 16.1 Å². The summed E-state index contributed by atoms with van der Waals surface area (Å²) in [5.41, 5.74) is 0.769. The lowest BCUT2D eigenvalue weighted by molar-refractivity contribution is -0.122. The van der Waals surface area contributed by atoms with E-state index in [2.05, 4.69) is 10.4 Å². The molecule has 1 N–H and O–H groups in total. The van der Waals surface area contributed by atoms with Crippen LogP contribution in [-0.2, 0) is 21.9 Å². The molecule has 2 aliphatic rings. The molecular formula is C18H20ClN5O5S. The molecular weight excluding hydrogens is 434 g/mol. The first-order valence-electron chi connectivity index (χ1n) is 9.27. The minimum absolute atomic E-state index is 0.0133. The number of nitrogens with one attached hydrogen (secondary N) is 1. The van der Waals surface area contributed by atoms with Crippen molar-refractivity contribution < 1.29 is 22.7 Å². The van der Waals surface area contributed by atoms with Crippen LogP contribution in [0.1, 0.15) is 17.4 Å². The third-order valence-electron chi connectivity index (χ3n) is 5.15. The number of aromatic nitrogens is 2. The average molecular weight is 454 g/mol. The Labute approximate surface area is 178 Å². The van der Waals surface area contributed by atoms with Crippen molar-refractivity contribution in [3.8, 4) is 5.75 Å². The molecule has 0 unspecified atom stereocenters. The van der Waals surface area contributed by atoms with Gasteiger partial charge in [0.15, 0.2) is 6.10 Å². The topological polar surface area (TPSA) is 114 Å². The molecule has 1 aromatic carbocycles. The van der Waals surface area contributed by atoms with Gasteiger partial charge in [-0.25, -0.2) is 8.42 Å². The van der Waals surface area contributed by atoms with Crippen LogP contribution in [-0.4, -0.2) is 71.5 Å². The standard InChI is InChI=1S/C18H20ClN5O5S/c1-11-17(25)21-13-9-12(19)16(10-15(13)29-11)30(27,28)24-7-5-23(6-8-24)18(26)14-3-4-20-22(14)2/h3-4,9-11H,5-8H2,1-2H3,(H,21,25)/t11-/m0/s1. The molecule has 2 aliphatic heterocycles. The van der Waals surface area contributed by atoms with Crippen LogP contribution in [0.2, 0.25) is 5.02 Å². The minimum Gasteiger partial charge on any atom is -0.479 e. The summed E-state index contributed by atoms with van der Waals surface area (Å²) in [4.78, 5) is 25.8. The first-order valence-corrected chi connectivity index (χ1v) is 11.1. The van der Waals surface area contributed by atoms with Gasteiger partial charge in [0.1, 0.15) is 16.3 Å². The Morgan fingerprint density at radius 3 is 2.60 bits per heavy atom. The van der Waals surface area contributed by atoms with E-state index in [1.54, 1.807) is 24.9 Å². The molecule has 1 aromatic heterocycles. The fraction of sp³-hybridized carbons (Fsp3) is 0.389. The highest BCUT2D eigenvalue weighted by molar-refractivity contribution is 7.89. The number of rotatable bonds is 3. The van der Waals surface area contributed by atoms with Crippen molar-refractivity contribution in [3.63, 3.8) is 0 Å².